The third-order valence-electron chi connectivity index (χ3n) is 7.09. The number of aromatic nitrogens is 4. The Morgan fingerprint density at radius 1 is 1.03 bits per heavy atom. The molecule has 0 radical (unpaired) electrons. The summed E-state index contributed by atoms with van der Waals surface area (Å²) in [5, 5.41) is 10.9. The average Bonchev–Trinajstić information content (AvgIpc) is 3.59. The fourth-order valence-electron chi connectivity index (χ4n) is 5.21. The first-order chi connectivity index (χ1) is 18.2. The number of para-hydroxylation sites is 1. The summed E-state index contributed by atoms with van der Waals surface area (Å²) < 4.78 is 2.07. The van der Waals surface area contributed by atoms with Gasteiger partial charge in [-0.15, -0.1) is 0 Å². The molecule has 3 aromatic heterocycles. The van der Waals surface area contributed by atoms with Crippen molar-refractivity contribution in [2.45, 2.75) is 31.7 Å². The molecule has 0 spiro atoms. The zero-order valence-corrected chi connectivity index (χ0v) is 21.2. The van der Waals surface area contributed by atoms with Gasteiger partial charge in [-0.3, -0.25) is 4.79 Å². The zero-order valence-electron chi connectivity index (χ0n) is 20.5. The van der Waals surface area contributed by atoms with Gasteiger partial charge < -0.3 is 25.4 Å². The van der Waals surface area contributed by atoms with Crippen molar-refractivity contribution >= 4 is 51.7 Å². The molecule has 0 atom stereocenters. The second-order valence-corrected chi connectivity index (χ2v) is 9.92. The quantitative estimate of drug-likeness (QED) is 0.331. The smallest absolute Gasteiger partial charge is 0.272 e. The number of fused-ring (bicyclic) bond motifs is 1. The monoisotopic (exact) mass is 516 g/mol. The molecule has 10 heteroatoms. The summed E-state index contributed by atoms with van der Waals surface area (Å²) >= 11 is 6.29. The maximum absolute atomic E-state index is 13.4. The van der Waals surface area contributed by atoms with Crippen LogP contribution in [0.3, 0.4) is 0 Å². The molecular formula is C27H29ClN8O. The molecule has 6 rings (SSSR count). The lowest BCUT2D eigenvalue weighted by Crippen LogP contribution is -2.43. The predicted octanol–water partition coefficient (Wildman–Crippen LogP) is 5.00. The first-order valence-electron chi connectivity index (χ1n) is 12.8. The lowest BCUT2D eigenvalue weighted by molar-refractivity contribution is 0.101. The second kappa shape index (κ2) is 10.4. The molecule has 2 fully saturated rings. The maximum Gasteiger partial charge on any atom is 0.272 e. The highest BCUT2D eigenvalue weighted by Gasteiger charge is 2.26. The van der Waals surface area contributed by atoms with Crippen molar-refractivity contribution in [2.24, 2.45) is 0 Å². The van der Waals surface area contributed by atoms with Gasteiger partial charge in [0.1, 0.15) is 17.2 Å². The Bertz CT molecular complexity index is 1410. The largest absolute Gasteiger partial charge is 0.368 e. The van der Waals surface area contributed by atoms with Gasteiger partial charge in [0.05, 0.1) is 22.6 Å². The number of hydrogen-bond donors (Lipinski definition) is 3. The lowest BCUT2D eigenvalue weighted by Gasteiger charge is -2.29. The summed E-state index contributed by atoms with van der Waals surface area (Å²) in [6.07, 6.45) is 7.93. The molecule has 1 aromatic carbocycles. The minimum atomic E-state index is -0.210. The summed E-state index contributed by atoms with van der Waals surface area (Å²) in [5.74, 6) is 0.914. The fraction of sp³-hybridized carbons (Fsp3) is 0.333. The van der Waals surface area contributed by atoms with Crippen molar-refractivity contribution < 1.29 is 4.79 Å². The van der Waals surface area contributed by atoms with Crippen LogP contribution in [0.5, 0.6) is 0 Å². The van der Waals surface area contributed by atoms with Crippen molar-refractivity contribution in [3.8, 4) is 0 Å². The molecule has 1 amide bonds. The Labute approximate surface area is 220 Å². The highest BCUT2D eigenvalue weighted by atomic mass is 35.5. The Hall–Kier alpha value is -3.69. The third kappa shape index (κ3) is 4.97. The molecule has 1 saturated carbocycles. The Morgan fingerprint density at radius 2 is 1.84 bits per heavy atom. The number of carbonyl (C=O) groups is 1. The van der Waals surface area contributed by atoms with Gasteiger partial charge in [-0.2, -0.15) is 4.98 Å². The average molecular weight is 517 g/mol. The topological polar surface area (TPSA) is 100 Å². The van der Waals surface area contributed by atoms with Crippen molar-refractivity contribution in [3.63, 3.8) is 0 Å². The normalized spacial score (nSPS) is 16.3. The van der Waals surface area contributed by atoms with Gasteiger partial charge in [0.2, 0.25) is 5.95 Å². The minimum Gasteiger partial charge on any atom is -0.368 e. The lowest BCUT2D eigenvalue weighted by atomic mass is 10.2. The molecule has 0 bridgehead atoms. The van der Waals surface area contributed by atoms with Crippen LogP contribution in [0.15, 0.2) is 54.9 Å². The van der Waals surface area contributed by atoms with E-state index in [9.17, 15) is 4.79 Å². The molecule has 4 heterocycles. The van der Waals surface area contributed by atoms with E-state index in [0.717, 1.165) is 68.6 Å². The standard InChI is InChI=1S/C27H29ClN8O/c28-21-7-3-4-8-22(21)32-26(37)23-15-18-16-31-27(34-25(18)36(23)19-5-1-2-6-19)33-24-10-9-20(17-30-24)35-13-11-29-12-14-35/h3-4,7-10,15-17,19,29H,1-2,5-6,11-14H2,(H,32,37)(H,30,31,33,34). The van der Waals surface area contributed by atoms with Crippen molar-refractivity contribution in [2.75, 3.05) is 41.7 Å². The summed E-state index contributed by atoms with van der Waals surface area (Å²) in [6.45, 7) is 3.90. The van der Waals surface area contributed by atoms with Crippen LogP contribution in [0.25, 0.3) is 11.0 Å². The Morgan fingerprint density at radius 3 is 2.59 bits per heavy atom. The molecular weight excluding hydrogens is 488 g/mol. The molecule has 3 N–H and O–H groups in total. The van der Waals surface area contributed by atoms with Crippen LogP contribution >= 0.6 is 11.6 Å². The van der Waals surface area contributed by atoms with Gasteiger partial charge in [-0.05, 0) is 43.2 Å². The van der Waals surface area contributed by atoms with Gasteiger partial charge in [0.15, 0.2) is 0 Å². The number of hydrogen-bond acceptors (Lipinski definition) is 7. The van der Waals surface area contributed by atoms with E-state index in [1.165, 1.54) is 0 Å². The van der Waals surface area contributed by atoms with Gasteiger partial charge in [0.25, 0.3) is 5.91 Å². The van der Waals surface area contributed by atoms with E-state index in [1.807, 2.05) is 30.5 Å². The maximum atomic E-state index is 13.4. The van der Waals surface area contributed by atoms with Crippen LogP contribution in [0.1, 0.15) is 42.2 Å². The number of benzene rings is 1. The van der Waals surface area contributed by atoms with Crippen LogP contribution in [0, 0.1) is 0 Å². The molecule has 1 saturated heterocycles. The van der Waals surface area contributed by atoms with Crippen LogP contribution in [0.2, 0.25) is 5.02 Å². The number of piperazine rings is 1. The number of anilines is 4. The Balaban J connectivity index is 1.29. The van der Waals surface area contributed by atoms with Crippen LogP contribution in [-0.2, 0) is 0 Å². The van der Waals surface area contributed by atoms with Crippen molar-refractivity contribution in [1.29, 1.82) is 0 Å². The molecule has 0 unspecified atom stereocenters. The first kappa shape index (κ1) is 23.7. The van der Waals surface area contributed by atoms with E-state index in [1.54, 1.807) is 18.3 Å². The first-order valence-corrected chi connectivity index (χ1v) is 13.2. The summed E-state index contributed by atoms with van der Waals surface area (Å²) in [5.41, 5.74) is 2.99. The van der Waals surface area contributed by atoms with Crippen LogP contribution < -0.4 is 20.9 Å². The van der Waals surface area contributed by atoms with Crippen LogP contribution in [-0.4, -0.2) is 51.6 Å². The minimum absolute atomic E-state index is 0.210. The van der Waals surface area contributed by atoms with E-state index in [-0.39, 0.29) is 11.9 Å². The summed E-state index contributed by atoms with van der Waals surface area (Å²) in [7, 11) is 0. The SMILES string of the molecule is O=C(Nc1ccccc1Cl)c1cc2cnc(Nc3ccc(N4CCNCC4)cn3)nc2n1C1CCCC1. The number of nitrogens with one attached hydrogen (secondary N) is 3. The third-order valence-corrected chi connectivity index (χ3v) is 7.42. The van der Waals surface area contributed by atoms with E-state index < -0.39 is 0 Å². The number of amides is 1. The molecule has 1 aliphatic carbocycles. The number of rotatable bonds is 6. The number of pyridine rings is 1. The van der Waals surface area contributed by atoms with E-state index in [0.29, 0.717) is 28.2 Å². The van der Waals surface area contributed by atoms with Gasteiger partial charge in [-0.1, -0.05) is 36.6 Å². The van der Waals surface area contributed by atoms with Gasteiger partial charge in [-0.25, -0.2) is 9.97 Å². The van der Waals surface area contributed by atoms with Gasteiger partial charge >= 0.3 is 0 Å². The van der Waals surface area contributed by atoms with Crippen LogP contribution in [0.4, 0.5) is 23.1 Å². The highest BCUT2D eigenvalue weighted by Crippen LogP contribution is 2.35. The molecule has 1 aliphatic heterocycles. The van der Waals surface area contributed by atoms with Crippen molar-refractivity contribution in [3.05, 3.63) is 65.6 Å². The zero-order chi connectivity index (χ0) is 25.2. The Kier molecular flexibility index (Phi) is 6.63. The molecule has 2 aliphatic rings. The van der Waals surface area contributed by atoms with Gasteiger partial charge in [0, 0.05) is 43.8 Å². The van der Waals surface area contributed by atoms with Crippen molar-refractivity contribution in [1.82, 2.24) is 24.8 Å². The summed E-state index contributed by atoms with van der Waals surface area (Å²) in [6, 6.07) is 13.3. The number of nitrogens with zero attached hydrogens (tertiary/aromatic N) is 5. The predicted molar refractivity (Wildman–Crippen MR) is 147 cm³/mol. The molecule has 9 nitrogen and oxygen atoms in total. The van der Waals surface area contributed by atoms with E-state index in [2.05, 4.69) is 41.5 Å². The number of carbonyl (C=O) groups excluding carboxylic acids is 1. The van der Waals surface area contributed by atoms with E-state index in [4.69, 9.17) is 16.6 Å². The second-order valence-electron chi connectivity index (χ2n) is 9.51. The number of halogens is 1. The molecule has 4 aromatic rings. The molecule has 37 heavy (non-hydrogen) atoms. The highest BCUT2D eigenvalue weighted by molar-refractivity contribution is 6.33. The fourth-order valence-corrected chi connectivity index (χ4v) is 5.39. The summed E-state index contributed by atoms with van der Waals surface area (Å²) in [4.78, 5) is 29.6. The molecule has 190 valence electrons. The van der Waals surface area contributed by atoms with E-state index >= 15 is 0 Å².